The Morgan fingerprint density at radius 2 is 1.75 bits per heavy atom. The van der Waals surface area contributed by atoms with E-state index in [9.17, 15) is 20.1 Å². The zero-order chi connectivity index (χ0) is 27.0. The van der Waals surface area contributed by atoms with Crippen molar-refractivity contribution in [2.75, 3.05) is 20.8 Å². The van der Waals surface area contributed by atoms with Crippen LogP contribution in [0.15, 0.2) is 47.6 Å². The molecule has 1 heterocycles. The van der Waals surface area contributed by atoms with Gasteiger partial charge in [0.2, 0.25) is 0 Å². The van der Waals surface area contributed by atoms with E-state index in [2.05, 4.69) is 19.9 Å². The lowest BCUT2D eigenvalue weighted by atomic mass is 9.96. The van der Waals surface area contributed by atoms with E-state index in [0.29, 0.717) is 5.57 Å². The second-order valence-corrected chi connectivity index (χ2v) is 8.89. The van der Waals surface area contributed by atoms with Gasteiger partial charge in [0.25, 0.3) is 0 Å². The van der Waals surface area contributed by atoms with Crippen LogP contribution in [0.2, 0.25) is 0 Å². The van der Waals surface area contributed by atoms with Gasteiger partial charge in [-0.15, -0.1) is 0 Å². The van der Waals surface area contributed by atoms with Gasteiger partial charge in [-0.3, -0.25) is 0 Å². The molecule has 0 spiro atoms. The van der Waals surface area contributed by atoms with Crippen molar-refractivity contribution < 1.29 is 39.1 Å². The first-order chi connectivity index (χ1) is 17.0. The lowest BCUT2D eigenvalue weighted by Crippen LogP contribution is -2.60. The monoisotopic (exact) mass is 502 g/mol. The van der Waals surface area contributed by atoms with Crippen molar-refractivity contribution in [1.82, 2.24) is 0 Å². The third-order valence-corrected chi connectivity index (χ3v) is 6.21. The zero-order valence-corrected chi connectivity index (χ0v) is 22.0. The predicted octanol–water partition coefficient (Wildman–Crippen LogP) is 3.08. The molecule has 36 heavy (non-hydrogen) atoms. The molecule has 8 nitrogen and oxygen atoms in total. The maximum Gasteiger partial charge on any atom is 0.331 e. The summed E-state index contributed by atoms with van der Waals surface area (Å²) in [5.41, 5.74) is 6.22. The van der Waals surface area contributed by atoms with Gasteiger partial charge >= 0.3 is 5.97 Å². The topological polar surface area (TPSA) is 115 Å². The number of ether oxygens (including phenoxy) is 4. The van der Waals surface area contributed by atoms with Crippen LogP contribution in [0, 0.1) is 20.8 Å². The fourth-order valence-electron chi connectivity index (χ4n) is 3.93. The number of carbonyl (C=O) groups is 1. The Kier molecular flexibility index (Phi) is 11.1. The van der Waals surface area contributed by atoms with Gasteiger partial charge in [-0.05, 0) is 68.5 Å². The summed E-state index contributed by atoms with van der Waals surface area (Å²) in [6.45, 7) is 9.39. The molecule has 1 saturated heterocycles. The van der Waals surface area contributed by atoms with E-state index < -0.39 is 43.3 Å². The molecule has 5 atom stereocenters. The molecule has 198 valence electrons. The number of aliphatic hydroxyl groups excluding tert-OH is 3. The molecule has 0 aromatic heterocycles. The summed E-state index contributed by atoms with van der Waals surface area (Å²) >= 11 is 0. The van der Waals surface area contributed by atoms with Gasteiger partial charge in [0.15, 0.2) is 12.4 Å². The van der Waals surface area contributed by atoms with Crippen molar-refractivity contribution in [2.24, 2.45) is 0 Å². The highest BCUT2D eigenvalue weighted by molar-refractivity contribution is 5.83. The smallest absolute Gasteiger partial charge is 0.331 e. The predicted molar refractivity (Wildman–Crippen MR) is 138 cm³/mol. The summed E-state index contributed by atoms with van der Waals surface area (Å²) in [5.74, 6) is 0.162. The van der Waals surface area contributed by atoms with Gasteiger partial charge in [0.1, 0.15) is 24.1 Å². The molecule has 1 aliphatic rings. The summed E-state index contributed by atoms with van der Waals surface area (Å²) in [6, 6.07) is 2.03. The summed E-state index contributed by atoms with van der Waals surface area (Å²) in [4.78, 5) is 12.4. The quantitative estimate of drug-likeness (QED) is 0.268. The van der Waals surface area contributed by atoms with E-state index in [4.69, 9.17) is 18.9 Å². The minimum Gasteiger partial charge on any atom is -0.496 e. The van der Waals surface area contributed by atoms with Crippen molar-refractivity contribution in [1.29, 1.82) is 0 Å². The molecule has 8 heteroatoms. The minimum absolute atomic E-state index is 0.510. The number of aliphatic hydroxyl groups is 3. The molecule has 1 aromatic carbocycles. The van der Waals surface area contributed by atoms with Gasteiger partial charge in [0, 0.05) is 13.2 Å². The average Bonchev–Trinajstić information content (AvgIpc) is 2.84. The van der Waals surface area contributed by atoms with Crippen molar-refractivity contribution in [3.05, 3.63) is 69.8 Å². The Balaban J connectivity index is 2.04. The largest absolute Gasteiger partial charge is 0.496 e. The van der Waals surface area contributed by atoms with Crippen molar-refractivity contribution in [3.63, 3.8) is 0 Å². The molecular formula is C28H38O8. The molecule has 1 aliphatic heterocycles. The van der Waals surface area contributed by atoms with Crippen LogP contribution in [-0.2, 0) is 19.0 Å². The molecule has 0 radical (unpaired) electrons. The zero-order valence-electron chi connectivity index (χ0n) is 22.0. The van der Waals surface area contributed by atoms with Crippen molar-refractivity contribution in [3.8, 4) is 5.75 Å². The van der Waals surface area contributed by atoms with Crippen LogP contribution in [0.5, 0.6) is 5.75 Å². The highest BCUT2D eigenvalue weighted by Crippen LogP contribution is 2.28. The summed E-state index contributed by atoms with van der Waals surface area (Å²) in [6.07, 6.45) is 4.60. The van der Waals surface area contributed by atoms with E-state index in [1.807, 2.05) is 38.1 Å². The molecule has 0 bridgehead atoms. The first-order valence-electron chi connectivity index (χ1n) is 11.8. The molecule has 1 aromatic rings. The lowest BCUT2D eigenvalue weighted by molar-refractivity contribution is -0.297. The number of rotatable bonds is 9. The van der Waals surface area contributed by atoms with Crippen LogP contribution in [0.25, 0.3) is 6.08 Å². The van der Waals surface area contributed by atoms with Crippen LogP contribution < -0.4 is 4.74 Å². The Labute approximate surface area is 213 Å². The molecule has 2 rings (SSSR count). The number of hydrogen-bond acceptors (Lipinski definition) is 8. The summed E-state index contributed by atoms with van der Waals surface area (Å²) < 4.78 is 21.2. The van der Waals surface area contributed by atoms with Gasteiger partial charge in [0.05, 0.1) is 13.7 Å². The number of allylic oxidation sites excluding steroid dienone is 6. The highest BCUT2D eigenvalue weighted by atomic mass is 16.7. The van der Waals surface area contributed by atoms with E-state index in [1.54, 1.807) is 20.1 Å². The second-order valence-electron chi connectivity index (χ2n) is 8.89. The van der Waals surface area contributed by atoms with Crippen LogP contribution in [-0.4, -0.2) is 72.8 Å². The third kappa shape index (κ3) is 7.38. The Hall–Kier alpha value is -2.75. The standard InChI is InChI=1S/C28H38O8/c1-16(11-12-21-18(3)14-22(33-6)20(5)19(21)4)9-8-10-17(2)13-24(30)36-27-26(32)25(31)23(15-29)35-28(27)34-7/h8-14,23,25-29,31-32H,15H2,1-7H3/b10-8+,12-11+,16-9+,17-13+/t23-,25-,26+,27-,28+/m1/s1. The number of hydrogen-bond donors (Lipinski definition) is 3. The SMILES string of the molecule is COc1cc(C)c(/C=C/C(C)=C/C=C/C(C)=C/C(=O)O[C@H]2[C@@H](OC)O[C@H](CO)[C@@H](O)[C@@H]2O)c(C)c1C. The number of methoxy groups -OCH3 is 2. The van der Waals surface area contributed by atoms with Gasteiger partial charge in [-0.1, -0.05) is 36.0 Å². The fraction of sp³-hybridized carbons (Fsp3) is 0.464. The van der Waals surface area contributed by atoms with Gasteiger partial charge < -0.3 is 34.3 Å². The molecule has 0 amide bonds. The third-order valence-electron chi connectivity index (χ3n) is 6.21. The maximum atomic E-state index is 12.4. The number of carbonyl (C=O) groups excluding carboxylic acids is 1. The highest BCUT2D eigenvalue weighted by Gasteiger charge is 2.46. The van der Waals surface area contributed by atoms with Gasteiger partial charge in [-0.2, -0.15) is 0 Å². The van der Waals surface area contributed by atoms with Crippen LogP contribution in [0.3, 0.4) is 0 Å². The number of aryl methyl sites for hydroxylation is 1. The van der Waals surface area contributed by atoms with Crippen molar-refractivity contribution in [2.45, 2.75) is 65.3 Å². The molecule has 3 N–H and O–H groups in total. The summed E-state index contributed by atoms with van der Waals surface area (Å²) in [5, 5.41) is 29.6. The van der Waals surface area contributed by atoms with E-state index in [-0.39, 0.29) is 0 Å². The fourth-order valence-corrected chi connectivity index (χ4v) is 3.93. The van der Waals surface area contributed by atoms with Crippen LogP contribution >= 0.6 is 0 Å². The second kappa shape index (κ2) is 13.5. The Morgan fingerprint density at radius 1 is 1.06 bits per heavy atom. The Morgan fingerprint density at radius 3 is 2.36 bits per heavy atom. The van der Waals surface area contributed by atoms with Gasteiger partial charge in [-0.25, -0.2) is 4.79 Å². The van der Waals surface area contributed by atoms with E-state index in [0.717, 1.165) is 28.0 Å². The lowest BCUT2D eigenvalue weighted by Gasteiger charge is -2.40. The number of esters is 1. The first-order valence-corrected chi connectivity index (χ1v) is 11.8. The van der Waals surface area contributed by atoms with Crippen LogP contribution in [0.4, 0.5) is 0 Å². The molecule has 0 saturated carbocycles. The maximum absolute atomic E-state index is 12.4. The first kappa shape index (κ1) is 29.5. The minimum atomic E-state index is -1.46. The molecule has 1 fully saturated rings. The normalized spacial score (nSPS) is 25.6. The number of benzene rings is 1. The average molecular weight is 503 g/mol. The molecule has 0 unspecified atom stereocenters. The van der Waals surface area contributed by atoms with Crippen molar-refractivity contribution >= 4 is 12.0 Å². The molecule has 0 aliphatic carbocycles. The van der Waals surface area contributed by atoms with E-state index >= 15 is 0 Å². The Bertz CT molecular complexity index is 1030. The molecular weight excluding hydrogens is 464 g/mol. The van der Waals surface area contributed by atoms with Crippen LogP contribution in [0.1, 0.15) is 36.1 Å². The summed E-state index contributed by atoms with van der Waals surface area (Å²) in [7, 11) is 2.99. The van der Waals surface area contributed by atoms with E-state index in [1.165, 1.54) is 18.7 Å².